The molecule has 2 unspecified atom stereocenters. The highest BCUT2D eigenvalue weighted by molar-refractivity contribution is 5.37. The van der Waals surface area contributed by atoms with E-state index in [0.29, 0.717) is 12.0 Å². The van der Waals surface area contributed by atoms with Crippen molar-refractivity contribution >= 4 is 0 Å². The largest absolute Gasteiger partial charge is 0.493 e. The maximum absolute atomic E-state index is 5.68. The molecule has 1 aromatic rings. The van der Waals surface area contributed by atoms with Gasteiger partial charge in [0, 0.05) is 13.2 Å². The maximum Gasteiger partial charge on any atom is 0.122 e. The highest BCUT2D eigenvalue weighted by Gasteiger charge is 2.23. The normalized spacial score (nSPS) is 20.5. The number of hydrogen-bond acceptors (Lipinski definition) is 3. The molecule has 0 spiro atoms. The Morgan fingerprint density at radius 3 is 3.06 bits per heavy atom. The minimum absolute atomic E-state index is 0.413. The number of nitrogens with one attached hydrogen (secondary N) is 1. The van der Waals surface area contributed by atoms with E-state index in [2.05, 4.69) is 23.5 Å². The van der Waals surface area contributed by atoms with E-state index in [1.54, 1.807) is 7.11 Å². The first kappa shape index (κ1) is 12.4. The summed E-state index contributed by atoms with van der Waals surface area (Å²) in [6, 6.07) is 8.78. The first-order chi connectivity index (χ1) is 8.35. The average molecular weight is 235 g/mol. The smallest absolute Gasteiger partial charge is 0.122 e. The predicted octanol–water partition coefficient (Wildman–Crippen LogP) is 2.18. The number of fused-ring (bicyclic) bond motifs is 1. The molecule has 1 aliphatic rings. The van der Waals surface area contributed by atoms with Gasteiger partial charge in [-0.25, -0.2) is 0 Å². The SMILES string of the molecule is CNC(COC)CC1CCOc2ccccc21. The Labute approximate surface area is 103 Å². The van der Waals surface area contributed by atoms with E-state index in [9.17, 15) is 0 Å². The van der Waals surface area contributed by atoms with Crippen molar-refractivity contribution in [2.45, 2.75) is 24.8 Å². The Hall–Kier alpha value is -1.06. The molecule has 0 radical (unpaired) electrons. The van der Waals surface area contributed by atoms with Crippen LogP contribution in [-0.2, 0) is 4.74 Å². The Bertz CT molecular complexity index is 354. The van der Waals surface area contributed by atoms with E-state index in [0.717, 1.165) is 31.8 Å². The second-order valence-electron chi connectivity index (χ2n) is 4.55. The van der Waals surface area contributed by atoms with Gasteiger partial charge in [0.1, 0.15) is 5.75 Å². The Morgan fingerprint density at radius 1 is 1.47 bits per heavy atom. The lowest BCUT2D eigenvalue weighted by Gasteiger charge is -2.28. The van der Waals surface area contributed by atoms with Crippen LogP contribution < -0.4 is 10.1 Å². The lowest BCUT2D eigenvalue weighted by atomic mass is 9.87. The first-order valence-electron chi connectivity index (χ1n) is 6.23. The van der Waals surface area contributed by atoms with Crippen molar-refractivity contribution in [1.29, 1.82) is 0 Å². The summed E-state index contributed by atoms with van der Waals surface area (Å²) in [5.41, 5.74) is 1.34. The summed E-state index contributed by atoms with van der Waals surface area (Å²) < 4.78 is 10.9. The van der Waals surface area contributed by atoms with E-state index in [-0.39, 0.29) is 0 Å². The summed E-state index contributed by atoms with van der Waals surface area (Å²) in [6.45, 7) is 1.58. The van der Waals surface area contributed by atoms with Gasteiger partial charge in [0.05, 0.1) is 13.2 Å². The van der Waals surface area contributed by atoms with Gasteiger partial charge in [0.25, 0.3) is 0 Å². The number of likely N-dealkylation sites (N-methyl/N-ethyl adjacent to an activating group) is 1. The lowest BCUT2D eigenvalue weighted by Crippen LogP contribution is -2.32. The molecule has 1 aromatic carbocycles. The molecule has 3 nitrogen and oxygen atoms in total. The molecule has 0 aromatic heterocycles. The van der Waals surface area contributed by atoms with Crippen molar-refractivity contribution in [3.63, 3.8) is 0 Å². The van der Waals surface area contributed by atoms with Crippen molar-refractivity contribution in [2.75, 3.05) is 27.4 Å². The van der Waals surface area contributed by atoms with Crippen LogP contribution in [0.25, 0.3) is 0 Å². The molecular formula is C14H21NO2. The van der Waals surface area contributed by atoms with Crippen LogP contribution in [-0.4, -0.2) is 33.4 Å². The van der Waals surface area contributed by atoms with Crippen LogP contribution in [0.2, 0.25) is 0 Å². The van der Waals surface area contributed by atoms with Crippen molar-refractivity contribution in [3.8, 4) is 5.75 Å². The molecule has 1 heterocycles. The fourth-order valence-corrected chi connectivity index (χ4v) is 2.47. The number of hydrogen-bond donors (Lipinski definition) is 1. The Kier molecular flexibility index (Phi) is 4.40. The number of para-hydroxylation sites is 1. The molecule has 2 atom stereocenters. The minimum Gasteiger partial charge on any atom is -0.493 e. The highest BCUT2D eigenvalue weighted by atomic mass is 16.5. The maximum atomic E-state index is 5.68. The second kappa shape index (κ2) is 6.03. The van der Waals surface area contributed by atoms with E-state index in [4.69, 9.17) is 9.47 Å². The topological polar surface area (TPSA) is 30.5 Å². The van der Waals surface area contributed by atoms with Gasteiger partial charge in [0.15, 0.2) is 0 Å². The van der Waals surface area contributed by atoms with Gasteiger partial charge in [-0.1, -0.05) is 18.2 Å². The lowest BCUT2D eigenvalue weighted by molar-refractivity contribution is 0.157. The van der Waals surface area contributed by atoms with E-state index in [1.165, 1.54) is 5.56 Å². The molecule has 0 fully saturated rings. The van der Waals surface area contributed by atoms with Gasteiger partial charge in [0.2, 0.25) is 0 Å². The van der Waals surface area contributed by atoms with E-state index in [1.807, 2.05) is 13.1 Å². The summed E-state index contributed by atoms with van der Waals surface area (Å²) in [4.78, 5) is 0. The molecular weight excluding hydrogens is 214 g/mol. The summed E-state index contributed by atoms with van der Waals surface area (Å²) in [6.07, 6.45) is 2.20. The van der Waals surface area contributed by atoms with Crippen LogP contribution in [0.4, 0.5) is 0 Å². The molecule has 1 N–H and O–H groups in total. The zero-order valence-corrected chi connectivity index (χ0v) is 10.6. The van der Waals surface area contributed by atoms with Crippen LogP contribution in [0, 0.1) is 0 Å². The zero-order chi connectivity index (χ0) is 12.1. The highest BCUT2D eigenvalue weighted by Crippen LogP contribution is 2.36. The van der Waals surface area contributed by atoms with Crippen LogP contribution in [0.15, 0.2) is 24.3 Å². The first-order valence-corrected chi connectivity index (χ1v) is 6.23. The molecule has 17 heavy (non-hydrogen) atoms. The molecule has 1 aliphatic heterocycles. The number of ether oxygens (including phenoxy) is 2. The van der Waals surface area contributed by atoms with Crippen molar-refractivity contribution < 1.29 is 9.47 Å². The van der Waals surface area contributed by atoms with Crippen LogP contribution in [0.5, 0.6) is 5.75 Å². The van der Waals surface area contributed by atoms with E-state index >= 15 is 0 Å². The summed E-state index contributed by atoms with van der Waals surface area (Å²) >= 11 is 0. The van der Waals surface area contributed by atoms with Gasteiger partial charge in [-0.3, -0.25) is 0 Å². The standard InChI is InChI=1S/C14H21NO2/c1-15-12(10-16-2)9-11-7-8-17-14-6-4-3-5-13(11)14/h3-6,11-12,15H,7-10H2,1-2H3. The molecule has 3 heteroatoms. The van der Waals surface area contributed by atoms with Crippen molar-refractivity contribution in [2.24, 2.45) is 0 Å². The van der Waals surface area contributed by atoms with Crippen LogP contribution in [0.3, 0.4) is 0 Å². The molecule has 0 bridgehead atoms. The fraction of sp³-hybridized carbons (Fsp3) is 0.571. The van der Waals surface area contributed by atoms with Gasteiger partial charge in [-0.05, 0) is 37.4 Å². The summed E-state index contributed by atoms with van der Waals surface area (Å²) in [5, 5.41) is 3.32. The molecule has 0 aliphatic carbocycles. The number of methoxy groups -OCH3 is 1. The predicted molar refractivity (Wildman–Crippen MR) is 68.6 cm³/mol. The Balaban J connectivity index is 2.07. The van der Waals surface area contributed by atoms with Gasteiger partial charge in [-0.15, -0.1) is 0 Å². The van der Waals surface area contributed by atoms with Crippen LogP contribution >= 0.6 is 0 Å². The Morgan fingerprint density at radius 2 is 2.29 bits per heavy atom. The number of rotatable bonds is 5. The zero-order valence-electron chi connectivity index (χ0n) is 10.6. The minimum atomic E-state index is 0.413. The van der Waals surface area contributed by atoms with Gasteiger partial charge < -0.3 is 14.8 Å². The third-order valence-electron chi connectivity index (χ3n) is 3.43. The van der Waals surface area contributed by atoms with Crippen LogP contribution in [0.1, 0.15) is 24.3 Å². The van der Waals surface area contributed by atoms with Gasteiger partial charge >= 0.3 is 0 Å². The quantitative estimate of drug-likeness (QED) is 0.848. The summed E-state index contributed by atoms with van der Waals surface area (Å²) in [7, 11) is 3.75. The molecule has 2 rings (SSSR count). The molecule has 94 valence electrons. The van der Waals surface area contributed by atoms with Gasteiger partial charge in [-0.2, -0.15) is 0 Å². The van der Waals surface area contributed by atoms with Crippen molar-refractivity contribution in [3.05, 3.63) is 29.8 Å². The second-order valence-corrected chi connectivity index (χ2v) is 4.55. The number of benzene rings is 1. The fourth-order valence-electron chi connectivity index (χ4n) is 2.47. The molecule has 0 amide bonds. The van der Waals surface area contributed by atoms with E-state index < -0.39 is 0 Å². The van der Waals surface area contributed by atoms with Crippen molar-refractivity contribution in [1.82, 2.24) is 5.32 Å². The molecule has 0 saturated carbocycles. The average Bonchev–Trinajstić information content (AvgIpc) is 2.38. The third-order valence-corrected chi connectivity index (χ3v) is 3.43. The third kappa shape index (κ3) is 2.99. The molecule has 0 saturated heterocycles. The summed E-state index contributed by atoms with van der Waals surface area (Å²) in [5.74, 6) is 1.63. The monoisotopic (exact) mass is 235 g/mol.